The molecule has 166 valence electrons. The third kappa shape index (κ3) is 5.16. The van der Waals surface area contributed by atoms with Crippen molar-refractivity contribution in [1.82, 2.24) is 0 Å². The van der Waals surface area contributed by atoms with E-state index < -0.39 is 16.9 Å². The van der Waals surface area contributed by atoms with Gasteiger partial charge in [0.2, 0.25) is 5.90 Å². The molecule has 32 heavy (non-hydrogen) atoms. The van der Waals surface area contributed by atoms with Gasteiger partial charge in [0.1, 0.15) is 0 Å². The maximum absolute atomic E-state index is 12.3. The lowest BCUT2D eigenvalue weighted by molar-refractivity contribution is -0.384. The van der Waals surface area contributed by atoms with E-state index in [0.29, 0.717) is 20.6 Å². The number of benzene rings is 2. The molecule has 1 aliphatic heterocycles. The van der Waals surface area contributed by atoms with E-state index in [0.717, 1.165) is 0 Å². The first-order valence-corrected chi connectivity index (χ1v) is 10.2. The van der Waals surface area contributed by atoms with Crippen LogP contribution in [-0.4, -0.2) is 43.6 Å². The number of hydrogen-bond acceptors (Lipinski definition) is 9. The van der Waals surface area contributed by atoms with Crippen LogP contribution in [0.25, 0.3) is 6.08 Å². The number of hydrogen-bond donors (Lipinski definition) is 0. The molecule has 0 N–H and O–H groups in total. The number of non-ortho nitro benzene ring substituents is 1. The van der Waals surface area contributed by atoms with E-state index in [2.05, 4.69) is 9.73 Å². The Bertz CT molecular complexity index is 1180. The summed E-state index contributed by atoms with van der Waals surface area (Å²) < 4.78 is 21.1. The van der Waals surface area contributed by atoms with Gasteiger partial charge in [-0.25, -0.2) is 14.6 Å². The molecule has 0 atom stereocenters. The molecular weight excluding hydrogens is 559 g/mol. The van der Waals surface area contributed by atoms with Gasteiger partial charge in [-0.3, -0.25) is 10.1 Å². The fraction of sp³-hybridized carbons (Fsp3) is 0.150. The van der Waals surface area contributed by atoms with Crippen LogP contribution in [0.15, 0.2) is 41.0 Å². The highest BCUT2D eigenvalue weighted by Crippen LogP contribution is 2.35. The number of nitrogens with zero attached hydrogens (tertiary/aromatic N) is 2. The largest absolute Gasteiger partial charge is 0.493 e. The summed E-state index contributed by atoms with van der Waals surface area (Å²) in [4.78, 5) is 38.2. The number of cyclic esters (lactones) is 1. The summed E-state index contributed by atoms with van der Waals surface area (Å²) in [6, 6.07) is 7.01. The van der Waals surface area contributed by atoms with Crippen LogP contribution in [0, 0.1) is 13.7 Å². The highest BCUT2D eigenvalue weighted by atomic mass is 127. The first-order chi connectivity index (χ1) is 15.2. The minimum absolute atomic E-state index is 0.0383. The summed E-state index contributed by atoms with van der Waals surface area (Å²) >= 11 is 8.09. The average Bonchev–Trinajstić information content (AvgIpc) is 3.12. The number of rotatable bonds is 7. The topological polar surface area (TPSA) is 127 Å². The molecule has 0 radical (unpaired) electrons. The van der Waals surface area contributed by atoms with Crippen LogP contribution >= 0.6 is 34.2 Å². The zero-order valence-corrected chi connectivity index (χ0v) is 19.5. The molecule has 0 bridgehead atoms. The third-order valence-electron chi connectivity index (χ3n) is 4.13. The van der Waals surface area contributed by atoms with Crippen molar-refractivity contribution < 1.29 is 33.5 Å². The SMILES string of the molecule is COC(=O)COc1c(I)cc(/C=C2\N=C(c3cc([N+](=O)[O-])ccc3Cl)OC2=O)cc1OC. The summed E-state index contributed by atoms with van der Waals surface area (Å²) in [6.07, 6.45) is 1.45. The second-order valence-electron chi connectivity index (χ2n) is 6.16. The van der Waals surface area contributed by atoms with E-state index in [1.54, 1.807) is 12.1 Å². The molecule has 0 amide bonds. The maximum Gasteiger partial charge on any atom is 0.363 e. The average molecular weight is 573 g/mol. The van der Waals surface area contributed by atoms with Crippen molar-refractivity contribution in [2.24, 2.45) is 4.99 Å². The van der Waals surface area contributed by atoms with Crippen molar-refractivity contribution in [2.75, 3.05) is 20.8 Å². The lowest BCUT2D eigenvalue weighted by Gasteiger charge is -2.12. The lowest BCUT2D eigenvalue weighted by Crippen LogP contribution is -2.13. The number of nitro groups is 1. The van der Waals surface area contributed by atoms with Crippen LogP contribution in [0.2, 0.25) is 5.02 Å². The molecule has 1 aliphatic rings. The highest BCUT2D eigenvalue weighted by molar-refractivity contribution is 14.1. The summed E-state index contributed by atoms with van der Waals surface area (Å²) in [5, 5.41) is 11.2. The first kappa shape index (κ1) is 23.5. The number of nitro benzene ring substituents is 1. The number of halogens is 2. The Hall–Kier alpha value is -3.19. The van der Waals surface area contributed by atoms with E-state index >= 15 is 0 Å². The summed E-state index contributed by atoms with van der Waals surface area (Å²) in [5.74, 6) is -0.784. The quantitative estimate of drug-likeness (QED) is 0.161. The van der Waals surface area contributed by atoms with Crippen molar-refractivity contribution in [3.63, 3.8) is 0 Å². The van der Waals surface area contributed by atoms with Crippen molar-refractivity contribution in [3.8, 4) is 11.5 Å². The van der Waals surface area contributed by atoms with E-state index in [1.165, 1.54) is 38.5 Å². The zero-order chi connectivity index (χ0) is 23.4. The van der Waals surface area contributed by atoms with Gasteiger partial charge in [0.05, 0.1) is 33.3 Å². The van der Waals surface area contributed by atoms with Crippen molar-refractivity contribution in [2.45, 2.75) is 0 Å². The van der Waals surface area contributed by atoms with Crippen LogP contribution in [0.3, 0.4) is 0 Å². The molecule has 0 aromatic heterocycles. The van der Waals surface area contributed by atoms with Crippen LogP contribution in [-0.2, 0) is 19.1 Å². The van der Waals surface area contributed by atoms with Crippen LogP contribution in [0.4, 0.5) is 5.69 Å². The Morgan fingerprint density at radius 1 is 1.31 bits per heavy atom. The maximum atomic E-state index is 12.3. The first-order valence-electron chi connectivity index (χ1n) is 8.77. The number of methoxy groups -OCH3 is 2. The summed E-state index contributed by atoms with van der Waals surface area (Å²) in [5.41, 5.74) is 0.404. The number of carbonyl (C=O) groups excluding carboxylic acids is 2. The Kier molecular flexibility index (Phi) is 7.30. The van der Waals surface area contributed by atoms with Gasteiger partial charge in [0, 0.05) is 12.1 Å². The molecule has 1 heterocycles. The second kappa shape index (κ2) is 9.96. The van der Waals surface area contributed by atoms with Gasteiger partial charge in [-0.2, -0.15) is 0 Å². The molecule has 0 saturated heterocycles. The van der Waals surface area contributed by atoms with Gasteiger partial charge >= 0.3 is 11.9 Å². The Morgan fingerprint density at radius 2 is 2.06 bits per heavy atom. The molecule has 10 nitrogen and oxygen atoms in total. The molecule has 0 saturated carbocycles. The van der Waals surface area contributed by atoms with Crippen LogP contribution < -0.4 is 9.47 Å². The Labute approximate surface area is 200 Å². The summed E-state index contributed by atoms with van der Waals surface area (Å²) in [6.45, 7) is -0.298. The Balaban J connectivity index is 1.94. The number of aliphatic imine (C=N–C) groups is 1. The molecule has 0 fully saturated rings. The number of carbonyl (C=O) groups is 2. The van der Waals surface area contributed by atoms with E-state index in [1.807, 2.05) is 22.6 Å². The predicted octanol–water partition coefficient (Wildman–Crippen LogP) is 3.76. The van der Waals surface area contributed by atoms with Gasteiger partial charge in [-0.1, -0.05) is 11.6 Å². The van der Waals surface area contributed by atoms with Gasteiger partial charge in [-0.05, 0) is 52.4 Å². The smallest absolute Gasteiger partial charge is 0.363 e. The fourth-order valence-corrected chi connectivity index (χ4v) is 3.61. The van der Waals surface area contributed by atoms with Crippen LogP contribution in [0.1, 0.15) is 11.1 Å². The monoisotopic (exact) mass is 572 g/mol. The molecule has 0 spiro atoms. The third-order valence-corrected chi connectivity index (χ3v) is 5.26. The van der Waals surface area contributed by atoms with E-state index in [9.17, 15) is 19.7 Å². The molecule has 0 unspecified atom stereocenters. The van der Waals surface area contributed by atoms with Crippen molar-refractivity contribution >= 4 is 63.8 Å². The standard InChI is InChI=1S/C20H14ClIN2O8/c1-29-16-7-10(5-14(22)18(16)31-9-17(25)30-2)6-15-20(26)32-19(23-15)12-8-11(24(27)28)3-4-13(12)21/h3-8H,9H2,1-2H3/b15-6-. The minimum atomic E-state index is -0.748. The number of esters is 2. The molecule has 2 aromatic carbocycles. The van der Waals surface area contributed by atoms with E-state index in [4.69, 9.17) is 25.8 Å². The second-order valence-corrected chi connectivity index (χ2v) is 7.73. The Morgan fingerprint density at radius 3 is 2.72 bits per heavy atom. The van der Waals surface area contributed by atoms with Crippen molar-refractivity contribution in [1.29, 1.82) is 0 Å². The van der Waals surface area contributed by atoms with Gasteiger partial charge in [-0.15, -0.1) is 0 Å². The summed E-state index contributed by atoms with van der Waals surface area (Å²) in [7, 11) is 2.68. The molecule has 2 aromatic rings. The molecule has 12 heteroatoms. The zero-order valence-electron chi connectivity index (χ0n) is 16.6. The van der Waals surface area contributed by atoms with Crippen LogP contribution in [0.5, 0.6) is 11.5 Å². The minimum Gasteiger partial charge on any atom is -0.493 e. The molecule has 3 rings (SSSR count). The molecular formula is C20H14ClIN2O8. The normalized spacial score (nSPS) is 14.1. The van der Waals surface area contributed by atoms with Crippen molar-refractivity contribution in [3.05, 3.63) is 65.9 Å². The van der Waals surface area contributed by atoms with E-state index in [-0.39, 0.29) is 34.5 Å². The fourth-order valence-electron chi connectivity index (χ4n) is 2.63. The number of ether oxygens (including phenoxy) is 4. The van der Waals surface area contributed by atoms with Gasteiger partial charge in [0.25, 0.3) is 5.69 Å². The lowest BCUT2D eigenvalue weighted by atomic mass is 10.1. The highest BCUT2D eigenvalue weighted by Gasteiger charge is 2.27. The predicted molar refractivity (Wildman–Crippen MR) is 122 cm³/mol. The van der Waals surface area contributed by atoms with Gasteiger partial charge in [0.15, 0.2) is 23.8 Å². The molecule has 0 aliphatic carbocycles. The van der Waals surface area contributed by atoms with Gasteiger partial charge < -0.3 is 18.9 Å².